The molecule has 0 unspecified atom stereocenters. The van der Waals surface area contributed by atoms with E-state index in [1.807, 2.05) is 11.9 Å². The lowest BCUT2D eigenvalue weighted by Gasteiger charge is -2.18. The Morgan fingerprint density at radius 3 is 2.89 bits per heavy atom. The predicted molar refractivity (Wildman–Crippen MR) is 81.3 cm³/mol. The molecule has 0 aliphatic rings. The van der Waals surface area contributed by atoms with Crippen LogP contribution in [0.4, 0.5) is 11.8 Å². The minimum atomic E-state index is 0.114. The van der Waals surface area contributed by atoms with Gasteiger partial charge >= 0.3 is 0 Å². The highest BCUT2D eigenvalue weighted by atomic mass is 32.1. The van der Waals surface area contributed by atoms with Crippen LogP contribution in [0.5, 0.6) is 0 Å². The van der Waals surface area contributed by atoms with Crippen molar-refractivity contribution in [2.75, 3.05) is 37.0 Å². The van der Waals surface area contributed by atoms with Crippen molar-refractivity contribution in [2.24, 2.45) is 0 Å². The molecule has 0 radical (unpaired) electrons. The molecule has 2 heterocycles. The molecule has 5 nitrogen and oxygen atoms in total. The summed E-state index contributed by atoms with van der Waals surface area (Å²) in [6.07, 6.45) is 1.03. The molecule has 2 aromatic heterocycles. The molecule has 0 aromatic carbocycles. The maximum atomic E-state index is 9.09. The van der Waals surface area contributed by atoms with Gasteiger partial charge in [-0.15, -0.1) is 11.3 Å². The quantitative estimate of drug-likeness (QED) is 0.850. The number of nitrogens with one attached hydrogen (secondary N) is 1. The molecule has 6 heteroatoms. The van der Waals surface area contributed by atoms with Gasteiger partial charge in [-0.05, 0) is 19.4 Å². The first kappa shape index (κ1) is 14.0. The summed E-state index contributed by atoms with van der Waals surface area (Å²) in [4.78, 5) is 13.3. The van der Waals surface area contributed by atoms with Crippen molar-refractivity contribution < 1.29 is 5.11 Å². The number of aliphatic hydroxyl groups is 1. The number of nitrogens with zero attached hydrogens (tertiary/aromatic N) is 3. The molecule has 0 saturated carbocycles. The largest absolute Gasteiger partial charge is 0.395 e. The summed E-state index contributed by atoms with van der Waals surface area (Å²) in [6.45, 7) is 5.72. The van der Waals surface area contributed by atoms with E-state index >= 15 is 0 Å². The van der Waals surface area contributed by atoms with Crippen LogP contribution in [0, 0.1) is 6.92 Å². The van der Waals surface area contributed by atoms with Crippen molar-refractivity contribution in [2.45, 2.75) is 20.3 Å². The smallest absolute Gasteiger partial charge is 0.226 e. The van der Waals surface area contributed by atoms with E-state index in [2.05, 4.69) is 35.2 Å². The van der Waals surface area contributed by atoms with E-state index in [-0.39, 0.29) is 6.61 Å². The van der Waals surface area contributed by atoms with E-state index in [1.165, 1.54) is 4.88 Å². The van der Waals surface area contributed by atoms with Crippen molar-refractivity contribution >= 4 is 33.3 Å². The Morgan fingerprint density at radius 1 is 1.42 bits per heavy atom. The fourth-order valence-electron chi connectivity index (χ4n) is 1.89. The highest BCUT2D eigenvalue weighted by Crippen LogP contribution is 2.31. The normalized spacial score (nSPS) is 10.9. The topological polar surface area (TPSA) is 61.3 Å². The summed E-state index contributed by atoms with van der Waals surface area (Å²) in [5, 5.41) is 13.4. The number of aliphatic hydroxyl groups excluding tert-OH is 1. The van der Waals surface area contributed by atoms with Gasteiger partial charge in [-0.25, -0.2) is 4.98 Å². The lowest BCUT2D eigenvalue weighted by atomic mass is 10.3. The molecule has 2 N–H and O–H groups in total. The van der Waals surface area contributed by atoms with Crippen molar-refractivity contribution in [3.63, 3.8) is 0 Å². The van der Waals surface area contributed by atoms with Crippen molar-refractivity contribution in [1.29, 1.82) is 0 Å². The van der Waals surface area contributed by atoms with Gasteiger partial charge in [0.25, 0.3) is 0 Å². The van der Waals surface area contributed by atoms with Crippen LogP contribution in [0.15, 0.2) is 6.07 Å². The summed E-state index contributed by atoms with van der Waals surface area (Å²) in [7, 11) is 1.94. The zero-order valence-electron chi connectivity index (χ0n) is 11.6. The molecule has 0 aliphatic carbocycles. The molecule has 0 bridgehead atoms. The second-order valence-corrected chi connectivity index (χ2v) is 5.75. The number of anilines is 2. The number of thiophene rings is 1. The average molecular weight is 280 g/mol. The van der Waals surface area contributed by atoms with Gasteiger partial charge in [-0.2, -0.15) is 4.98 Å². The molecule has 0 saturated heterocycles. The monoisotopic (exact) mass is 280 g/mol. The van der Waals surface area contributed by atoms with E-state index < -0.39 is 0 Å². The van der Waals surface area contributed by atoms with Gasteiger partial charge in [0.1, 0.15) is 10.6 Å². The molecule has 19 heavy (non-hydrogen) atoms. The van der Waals surface area contributed by atoms with Crippen LogP contribution in [0.2, 0.25) is 0 Å². The zero-order chi connectivity index (χ0) is 13.8. The molecule has 104 valence electrons. The summed E-state index contributed by atoms with van der Waals surface area (Å²) >= 11 is 1.67. The third kappa shape index (κ3) is 3.13. The van der Waals surface area contributed by atoms with E-state index in [1.54, 1.807) is 11.3 Å². The first-order chi connectivity index (χ1) is 9.15. The first-order valence-corrected chi connectivity index (χ1v) is 7.31. The zero-order valence-corrected chi connectivity index (χ0v) is 12.4. The number of aryl methyl sites for hydroxylation is 1. The average Bonchev–Trinajstić information content (AvgIpc) is 2.75. The minimum Gasteiger partial charge on any atom is -0.395 e. The molecular weight excluding hydrogens is 260 g/mol. The lowest BCUT2D eigenvalue weighted by molar-refractivity contribution is 0.304. The number of likely N-dealkylation sites (N-methyl/N-ethyl adjacent to an activating group) is 1. The van der Waals surface area contributed by atoms with Crippen LogP contribution in [-0.4, -0.2) is 41.8 Å². The fourth-order valence-corrected chi connectivity index (χ4v) is 2.76. The van der Waals surface area contributed by atoms with Crippen molar-refractivity contribution in [3.05, 3.63) is 10.9 Å². The van der Waals surface area contributed by atoms with Gasteiger partial charge in [0.05, 0.1) is 12.0 Å². The molecular formula is C13H20N4OS. The minimum absolute atomic E-state index is 0.114. The van der Waals surface area contributed by atoms with Gasteiger partial charge in [-0.1, -0.05) is 6.92 Å². The summed E-state index contributed by atoms with van der Waals surface area (Å²) < 4.78 is 0. The van der Waals surface area contributed by atoms with Gasteiger partial charge < -0.3 is 15.3 Å². The molecule has 0 aliphatic heterocycles. The van der Waals surface area contributed by atoms with E-state index in [0.29, 0.717) is 12.5 Å². The summed E-state index contributed by atoms with van der Waals surface area (Å²) in [6, 6.07) is 2.10. The second kappa shape index (κ2) is 6.16. The number of fused-ring (bicyclic) bond motifs is 1. The standard InChI is InChI=1S/C13H20N4OS/c1-4-5-14-13-15-11(17(3)6-7-18)10-8-9(2)19-12(10)16-13/h8,18H,4-7H2,1-3H3,(H,14,15,16). The van der Waals surface area contributed by atoms with E-state index in [0.717, 1.165) is 29.0 Å². The van der Waals surface area contributed by atoms with E-state index in [9.17, 15) is 0 Å². The molecule has 0 atom stereocenters. The SMILES string of the molecule is CCCNc1nc(N(C)CCO)c2cc(C)sc2n1. The van der Waals surface area contributed by atoms with Crippen molar-refractivity contribution in [1.82, 2.24) is 9.97 Å². The highest BCUT2D eigenvalue weighted by Gasteiger charge is 2.13. The Kier molecular flexibility index (Phi) is 4.55. The summed E-state index contributed by atoms with van der Waals surface area (Å²) in [5.41, 5.74) is 0. The van der Waals surface area contributed by atoms with Gasteiger partial charge in [0, 0.05) is 25.0 Å². The molecule has 0 fully saturated rings. The Balaban J connectivity index is 2.44. The Hall–Kier alpha value is -1.40. The predicted octanol–water partition coefficient (Wildman–Crippen LogP) is 2.25. The Morgan fingerprint density at radius 2 is 2.21 bits per heavy atom. The first-order valence-electron chi connectivity index (χ1n) is 6.49. The van der Waals surface area contributed by atoms with Crippen LogP contribution in [0.25, 0.3) is 10.2 Å². The number of hydrogen-bond acceptors (Lipinski definition) is 6. The van der Waals surface area contributed by atoms with Gasteiger partial charge in [0.15, 0.2) is 0 Å². The van der Waals surface area contributed by atoms with Crippen molar-refractivity contribution in [3.8, 4) is 0 Å². The van der Waals surface area contributed by atoms with E-state index in [4.69, 9.17) is 5.11 Å². The third-order valence-electron chi connectivity index (χ3n) is 2.83. The number of hydrogen-bond donors (Lipinski definition) is 2. The summed E-state index contributed by atoms with van der Waals surface area (Å²) in [5.74, 6) is 1.54. The van der Waals surface area contributed by atoms with Crippen LogP contribution in [0.3, 0.4) is 0 Å². The third-order valence-corrected chi connectivity index (χ3v) is 3.77. The molecule has 2 rings (SSSR count). The second-order valence-electron chi connectivity index (χ2n) is 4.52. The Labute approximate surface area is 117 Å². The van der Waals surface area contributed by atoms with Gasteiger partial charge in [-0.3, -0.25) is 0 Å². The number of rotatable bonds is 6. The number of aromatic nitrogens is 2. The maximum Gasteiger partial charge on any atom is 0.226 e. The maximum absolute atomic E-state index is 9.09. The van der Waals surface area contributed by atoms with Crippen LogP contribution in [0.1, 0.15) is 18.2 Å². The van der Waals surface area contributed by atoms with Crippen LogP contribution in [-0.2, 0) is 0 Å². The highest BCUT2D eigenvalue weighted by molar-refractivity contribution is 7.18. The molecule has 0 spiro atoms. The Bertz CT molecular complexity index is 555. The van der Waals surface area contributed by atoms with Crippen LogP contribution < -0.4 is 10.2 Å². The van der Waals surface area contributed by atoms with Crippen LogP contribution >= 0.6 is 11.3 Å². The lowest BCUT2D eigenvalue weighted by Crippen LogP contribution is -2.23. The molecule has 2 aromatic rings. The van der Waals surface area contributed by atoms with Gasteiger partial charge in [0.2, 0.25) is 5.95 Å². The fraction of sp³-hybridized carbons (Fsp3) is 0.538. The molecule has 0 amide bonds.